The Morgan fingerprint density at radius 1 is 1.35 bits per heavy atom. The maximum absolute atomic E-state index is 11.9. The molecule has 3 heteroatoms. The Hall–Kier alpha value is -1.61. The fourth-order valence-electron chi connectivity index (χ4n) is 2.04. The van der Waals surface area contributed by atoms with Crippen LogP contribution in [0.1, 0.15) is 18.4 Å². The molecule has 0 aromatic heterocycles. The number of benzene rings is 1. The van der Waals surface area contributed by atoms with Gasteiger partial charge in [0.25, 0.3) is 0 Å². The van der Waals surface area contributed by atoms with Gasteiger partial charge in [0.05, 0.1) is 0 Å². The summed E-state index contributed by atoms with van der Waals surface area (Å²) in [6.07, 6.45) is 5.87. The number of carbonyl (C=O) groups excluding carboxylic acids is 1. The Bertz CT molecular complexity index is 418. The van der Waals surface area contributed by atoms with E-state index in [9.17, 15) is 4.79 Å². The van der Waals surface area contributed by atoms with Gasteiger partial charge in [-0.05, 0) is 37.6 Å². The normalized spacial score (nSPS) is 15.1. The van der Waals surface area contributed by atoms with Crippen LogP contribution in [0.25, 0.3) is 0 Å². The van der Waals surface area contributed by atoms with Gasteiger partial charge in [0, 0.05) is 18.2 Å². The molecule has 1 aromatic carbocycles. The van der Waals surface area contributed by atoms with Gasteiger partial charge >= 0.3 is 0 Å². The maximum atomic E-state index is 11.9. The van der Waals surface area contributed by atoms with Crippen LogP contribution in [0.4, 0.5) is 5.69 Å². The molecule has 1 aliphatic rings. The molecule has 3 nitrogen and oxygen atoms in total. The molecule has 0 saturated carbocycles. The van der Waals surface area contributed by atoms with E-state index in [1.165, 1.54) is 5.56 Å². The lowest BCUT2D eigenvalue weighted by molar-refractivity contribution is -0.119. The summed E-state index contributed by atoms with van der Waals surface area (Å²) >= 11 is 0. The van der Waals surface area contributed by atoms with Crippen molar-refractivity contribution in [2.45, 2.75) is 19.4 Å². The Labute approximate surface area is 102 Å². The van der Waals surface area contributed by atoms with Gasteiger partial charge in [-0.15, -0.1) is 0 Å². The first-order chi connectivity index (χ1) is 8.29. The monoisotopic (exact) mass is 230 g/mol. The number of rotatable bonds is 4. The van der Waals surface area contributed by atoms with E-state index in [2.05, 4.69) is 22.8 Å². The summed E-state index contributed by atoms with van der Waals surface area (Å²) < 4.78 is 0. The number of amides is 1. The van der Waals surface area contributed by atoms with E-state index in [1.54, 1.807) is 0 Å². The highest BCUT2D eigenvalue weighted by molar-refractivity contribution is 5.93. The Morgan fingerprint density at radius 3 is 2.82 bits per heavy atom. The van der Waals surface area contributed by atoms with E-state index >= 15 is 0 Å². The zero-order valence-electron chi connectivity index (χ0n) is 10.1. The number of hydrogen-bond acceptors (Lipinski definition) is 2. The lowest BCUT2D eigenvalue weighted by atomic mass is 10.1. The molecule has 0 atom stereocenters. The van der Waals surface area contributed by atoms with Crippen LogP contribution in [-0.4, -0.2) is 13.0 Å². The van der Waals surface area contributed by atoms with Crippen molar-refractivity contribution in [1.29, 1.82) is 0 Å². The first-order valence-corrected chi connectivity index (χ1v) is 5.99. The SMILES string of the molecule is CNCc1cccc(NC(=O)C2CC=CC2)c1. The summed E-state index contributed by atoms with van der Waals surface area (Å²) in [6, 6.07) is 7.95. The molecule has 0 heterocycles. The molecule has 2 rings (SSSR count). The molecule has 0 aliphatic heterocycles. The number of nitrogens with one attached hydrogen (secondary N) is 2. The van der Waals surface area contributed by atoms with E-state index in [0.717, 1.165) is 25.1 Å². The first kappa shape index (κ1) is 11.9. The van der Waals surface area contributed by atoms with Crippen LogP contribution in [-0.2, 0) is 11.3 Å². The molecule has 1 aliphatic carbocycles. The largest absolute Gasteiger partial charge is 0.326 e. The average molecular weight is 230 g/mol. The highest BCUT2D eigenvalue weighted by Gasteiger charge is 2.18. The minimum atomic E-state index is 0.114. The van der Waals surface area contributed by atoms with Gasteiger partial charge in [-0.3, -0.25) is 4.79 Å². The summed E-state index contributed by atoms with van der Waals surface area (Å²) in [5, 5.41) is 6.07. The summed E-state index contributed by atoms with van der Waals surface area (Å²) in [6.45, 7) is 0.814. The van der Waals surface area contributed by atoms with Crippen molar-refractivity contribution in [2.24, 2.45) is 5.92 Å². The molecule has 17 heavy (non-hydrogen) atoms. The molecule has 1 amide bonds. The second-order valence-electron chi connectivity index (χ2n) is 4.36. The van der Waals surface area contributed by atoms with Crippen LogP contribution in [0.2, 0.25) is 0 Å². The van der Waals surface area contributed by atoms with Crippen LogP contribution in [0, 0.1) is 5.92 Å². The predicted octanol–water partition coefficient (Wildman–Crippen LogP) is 2.31. The minimum Gasteiger partial charge on any atom is -0.326 e. The lowest BCUT2D eigenvalue weighted by Crippen LogP contribution is -2.20. The van der Waals surface area contributed by atoms with E-state index < -0.39 is 0 Å². The highest BCUT2D eigenvalue weighted by Crippen LogP contribution is 2.20. The zero-order chi connectivity index (χ0) is 12.1. The van der Waals surface area contributed by atoms with Crippen molar-refractivity contribution in [3.05, 3.63) is 42.0 Å². The summed E-state index contributed by atoms with van der Waals surface area (Å²) in [5.74, 6) is 0.236. The molecule has 1 aromatic rings. The van der Waals surface area contributed by atoms with Gasteiger partial charge in [-0.2, -0.15) is 0 Å². The van der Waals surface area contributed by atoms with Crippen molar-refractivity contribution in [3.8, 4) is 0 Å². The van der Waals surface area contributed by atoms with Gasteiger partial charge in [-0.25, -0.2) is 0 Å². The number of allylic oxidation sites excluding steroid dienone is 2. The molecule has 0 bridgehead atoms. The van der Waals surface area contributed by atoms with Crippen LogP contribution < -0.4 is 10.6 Å². The maximum Gasteiger partial charge on any atom is 0.228 e. The standard InChI is InChI=1S/C14H18N2O/c1-15-10-11-5-4-8-13(9-11)16-14(17)12-6-2-3-7-12/h2-5,8-9,12,15H,6-7,10H2,1H3,(H,16,17). The predicted molar refractivity (Wildman–Crippen MR) is 69.7 cm³/mol. The van der Waals surface area contributed by atoms with Crippen molar-refractivity contribution in [3.63, 3.8) is 0 Å². The van der Waals surface area contributed by atoms with Crippen LogP contribution in [0.5, 0.6) is 0 Å². The topological polar surface area (TPSA) is 41.1 Å². The third-order valence-electron chi connectivity index (χ3n) is 2.95. The third-order valence-corrected chi connectivity index (χ3v) is 2.95. The van der Waals surface area contributed by atoms with Crippen molar-refractivity contribution < 1.29 is 4.79 Å². The van der Waals surface area contributed by atoms with E-state index in [4.69, 9.17) is 0 Å². The summed E-state index contributed by atoms with van der Waals surface area (Å²) in [5.41, 5.74) is 2.06. The zero-order valence-corrected chi connectivity index (χ0v) is 10.1. The fraction of sp³-hybridized carbons (Fsp3) is 0.357. The molecular weight excluding hydrogens is 212 g/mol. The van der Waals surface area contributed by atoms with Crippen LogP contribution in [0.3, 0.4) is 0 Å². The van der Waals surface area contributed by atoms with Gasteiger partial charge in [0.1, 0.15) is 0 Å². The molecular formula is C14H18N2O. The quantitative estimate of drug-likeness (QED) is 0.779. The first-order valence-electron chi connectivity index (χ1n) is 5.99. The molecule has 0 unspecified atom stereocenters. The number of hydrogen-bond donors (Lipinski definition) is 2. The summed E-state index contributed by atoms with van der Waals surface area (Å²) in [4.78, 5) is 11.9. The highest BCUT2D eigenvalue weighted by atomic mass is 16.1. The fourth-order valence-corrected chi connectivity index (χ4v) is 2.04. The molecule has 0 radical (unpaired) electrons. The lowest BCUT2D eigenvalue weighted by Gasteiger charge is -2.11. The van der Waals surface area contributed by atoms with Gasteiger partial charge < -0.3 is 10.6 Å². The Balaban J connectivity index is 1.97. The Kier molecular flexibility index (Phi) is 3.94. The smallest absolute Gasteiger partial charge is 0.228 e. The minimum absolute atomic E-state index is 0.114. The second-order valence-corrected chi connectivity index (χ2v) is 4.36. The third kappa shape index (κ3) is 3.17. The molecule has 90 valence electrons. The van der Waals surface area contributed by atoms with Crippen LogP contribution >= 0.6 is 0 Å². The molecule has 0 fully saturated rings. The Morgan fingerprint density at radius 2 is 2.12 bits per heavy atom. The van der Waals surface area contributed by atoms with E-state index in [1.807, 2.05) is 31.3 Å². The second kappa shape index (κ2) is 5.64. The van der Waals surface area contributed by atoms with Crippen molar-refractivity contribution >= 4 is 11.6 Å². The van der Waals surface area contributed by atoms with Gasteiger partial charge in [0.2, 0.25) is 5.91 Å². The molecule has 0 saturated heterocycles. The molecule has 0 spiro atoms. The van der Waals surface area contributed by atoms with Gasteiger partial charge in [0.15, 0.2) is 0 Å². The van der Waals surface area contributed by atoms with Crippen LogP contribution in [0.15, 0.2) is 36.4 Å². The van der Waals surface area contributed by atoms with E-state index in [-0.39, 0.29) is 11.8 Å². The average Bonchev–Trinajstić information content (AvgIpc) is 2.83. The van der Waals surface area contributed by atoms with Crippen molar-refractivity contribution in [1.82, 2.24) is 5.32 Å². The number of carbonyl (C=O) groups is 1. The number of anilines is 1. The van der Waals surface area contributed by atoms with Crippen molar-refractivity contribution in [2.75, 3.05) is 12.4 Å². The molecule has 2 N–H and O–H groups in total. The van der Waals surface area contributed by atoms with Gasteiger partial charge in [-0.1, -0.05) is 24.3 Å². The summed E-state index contributed by atoms with van der Waals surface area (Å²) in [7, 11) is 1.91. The van der Waals surface area contributed by atoms with E-state index in [0.29, 0.717) is 0 Å².